The number of nitrogens with zero attached hydrogens (tertiary/aromatic N) is 2. The third-order valence-electron chi connectivity index (χ3n) is 2.85. The normalized spacial score (nSPS) is 19.4. The van der Waals surface area contributed by atoms with Gasteiger partial charge in [0.1, 0.15) is 5.76 Å². The molecule has 1 fully saturated rings. The zero-order chi connectivity index (χ0) is 13.0. The van der Waals surface area contributed by atoms with Crippen molar-refractivity contribution in [2.45, 2.75) is 25.9 Å². The molecule has 1 atom stereocenters. The molecule has 0 saturated carbocycles. The Hall–Kier alpha value is -1.40. The van der Waals surface area contributed by atoms with Crippen LogP contribution in [0, 0.1) is 6.92 Å². The van der Waals surface area contributed by atoms with Gasteiger partial charge in [-0.2, -0.15) is 0 Å². The van der Waals surface area contributed by atoms with E-state index in [2.05, 4.69) is 10.5 Å². The molecule has 0 radical (unpaired) electrons. The molecule has 1 aromatic rings. The van der Waals surface area contributed by atoms with Crippen molar-refractivity contribution in [2.75, 3.05) is 32.1 Å². The smallest absolute Gasteiger partial charge is 0.239 e. The summed E-state index contributed by atoms with van der Waals surface area (Å²) in [5, 5.41) is 6.41. The Labute approximate surface area is 106 Å². The quantitative estimate of drug-likeness (QED) is 0.849. The first-order chi connectivity index (χ1) is 8.63. The van der Waals surface area contributed by atoms with Gasteiger partial charge < -0.3 is 14.6 Å². The number of aryl methyl sites for hydroxylation is 1. The summed E-state index contributed by atoms with van der Waals surface area (Å²) in [4.78, 5) is 13.7. The van der Waals surface area contributed by atoms with Crippen LogP contribution in [0.3, 0.4) is 0 Å². The molecule has 0 bridgehead atoms. The lowest BCUT2D eigenvalue weighted by molar-refractivity contribution is -0.117. The lowest BCUT2D eigenvalue weighted by Crippen LogP contribution is -2.35. The highest BCUT2D eigenvalue weighted by atomic mass is 16.5. The third kappa shape index (κ3) is 3.82. The van der Waals surface area contributed by atoms with Crippen LogP contribution in [0.4, 0.5) is 5.82 Å². The van der Waals surface area contributed by atoms with Crippen molar-refractivity contribution < 1.29 is 14.1 Å². The van der Waals surface area contributed by atoms with E-state index in [1.807, 2.05) is 11.9 Å². The van der Waals surface area contributed by atoms with Crippen LogP contribution >= 0.6 is 0 Å². The van der Waals surface area contributed by atoms with Crippen molar-refractivity contribution in [3.63, 3.8) is 0 Å². The van der Waals surface area contributed by atoms with Crippen LogP contribution in [0.25, 0.3) is 0 Å². The molecule has 2 heterocycles. The minimum Gasteiger partial charge on any atom is -0.377 e. The molecule has 100 valence electrons. The lowest BCUT2D eigenvalue weighted by Gasteiger charge is -2.19. The number of anilines is 1. The molecule has 1 saturated heterocycles. The minimum atomic E-state index is -0.0937. The molecule has 1 amide bonds. The fraction of sp³-hybridized carbons (Fsp3) is 0.667. The van der Waals surface area contributed by atoms with Gasteiger partial charge in [0.05, 0.1) is 12.6 Å². The molecule has 1 N–H and O–H groups in total. The van der Waals surface area contributed by atoms with E-state index in [9.17, 15) is 4.79 Å². The van der Waals surface area contributed by atoms with E-state index >= 15 is 0 Å². The molecule has 6 nitrogen and oxygen atoms in total. The third-order valence-corrected chi connectivity index (χ3v) is 2.85. The van der Waals surface area contributed by atoms with E-state index in [1.54, 1.807) is 13.0 Å². The summed E-state index contributed by atoms with van der Waals surface area (Å²) in [6, 6.07) is 1.69. The Balaban J connectivity index is 1.72. The maximum atomic E-state index is 11.7. The van der Waals surface area contributed by atoms with Gasteiger partial charge in [-0.3, -0.25) is 9.69 Å². The molecule has 1 aliphatic heterocycles. The number of hydrogen-bond acceptors (Lipinski definition) is 5. The zero-order valence-electron chi connectivity index (χ0n) is 10.8. The monoisotopic (exact) mass is 253 g/mol. The zero-order valence-corrected chi connectivity index (χ0v) is 10.8. The van der Waals surface area contributed by atoms with Gasteiger partial charge in [0.15, 0.2) is 5.82 Å². The van der Waals surface area contributed by atoms with Gasteiger partial charge in [0.2, 0.25) is 5.91 Å². The van der Waals surface area contributed by atoms with Crippen LogP contribution in [0.5, 0.6) is 0 Å². The van der Waals surface area contributed by atoms with Crippen molar-refractivity contribution in [3.8, 4) is 0 Å². The molecule has 0 spiro atoms. The van der Waals surface area contributed by atoms with Gasteiger partial charge in [-0.25, -0.2) is 0 Å². The van der Waals surface area contributed by atoms with E-state index < -0.39 is 0 Å². The van der Waals surface area contributed by atoms with E-state index in [-0.39, 0.29) is 12.0 Å². The average molecular weight is 253 g/mol. The number of ether oxygens (including phenoxy) is 1. The number of likely N-dealkylation sites (N-methyl/N-ethyl adjacent to an activating group) is 1. The Morgan fingerprint density at radius 2 is 2.50 bits per heavy atom. The predicted octanol–water partition coefficient (Wildman–Crippen LogP) is 1.03. The van der Waals surface area contributed by atoms with Gasteiger partial charge in [0, 0.05) is 19.2 Å². The molecule has 1 aliphatic rings. The summed E-state index contributed by atoms with van der Waals surface area (Å²) in [6.45, 7) is 3.73. The van der Waals surface area contributed by atoms with Gasteiger partial charge in [-0.05, 0) is 26.8 Å². The second kappa shape index (κ2) is 5.97. The van der Waals surface area contributed by atoms with Crippen LogP contribution in [-0.2, 0) is 9.53 Å². The molecular weight excluding hydrogens is 234 g/mol. The van der Waals surface area contributed by atoms with Crippen LogP contribution in [0.1, 0.15) is 18.6 Å². The van der Waals surface area contributed by atoms with Crippen LogP contribution < -0.4 is 5.32 Å². The predicted molar refractivity (Wildman–Crippen MR) is 66.3 cm³/mol. The van der Waals surface area contributed by atoms with Crippen LogP contribution in [-0.4, -0.2) is 48.8 Å². The first kappa shape index (κ1) is 13.0. The van der Waals surface area contributed by atoms with Crippen LogP contribution in [0.15, 0.2) is 10.6 Å². The Bertz CT molecular complexity index is 399. The molecule has 1 aromatic heterocycles. The van der Waals surface area contributed by atoms with Crippen molar-refractivity contribution >= 4 is 11.7 Å². The van der Waals surface area contributed by atoms with E-state index in [0.717, 1.165) is 26.0 Å². The summed E-state index contributed by atoms with van der Waals surface area (Å²) >= 11 is 0. The molecule has 6 heteroatoms. The summed E-state index contributed by atoms with van der Waals surface area (Å²) in [5.74, 6) is 1.05. The Kier molecular flexibility index (Phi) is 4.33. The minimum absolute atomic E-state index is 0.0937. The first-order valence-electron chi connectivity index (χ1n) is 6.17. The SMILES string of the molecule is Cc1cc(NC(=O)CN(C)C[C@@H]2CCCO2)no1. The fourth-order valence-electron chi connectivity index (χ4n) is 2.05. The van der Waals surface area contributed by atoms with Crippen LogP contribution in [0.2, 0.25) is 0 Å². The molecule has 0 unspecified atom stereocenters. The number of aromatic nitrogens is 1. The molecule has 0 aromatic carbocycles. The number of nitrogens with one attached hydrogen (secondary N) is 1. The van der Waals surface area contributed by atoms with Crippen molar-refractivity contribution in [3.05, 3.63) is 11.8 Å². The molecule has 2 rings (SSSR count). The van der Waals surface area contributed by atoms with Gasteiger partial charge in [-0.1, -0.05) is 5.16 Å². The average Bonchev–Trinajstić information content (AvgIpc) is 2.90. The second-order valence-electron chi connectivity index (χ2n) is 4.70. The van der Waals surface area contributed by atoms with E-state index in [0.29, 0.717) is 18.1 Å². The highest BCUT2D eigenvalue weighted by Crippen LogP contribution is 2.12. The van der Waals surface area contributed by atoms with Gasteiger partial charge in [0.25, 0.3) is 0 Å². The number of amides is 1. The number of carbonyl (C=O) groups is 1. The number of hydrogen-bond donors (Lipinski definition) is 1. The van der Waals surface area contributed by atoms with E-state index in [1.165, 1.54) is 0 Å². The number of rotatable bonds is 5. The van der Waals surface area contributed by atoms with Gasteiger partial charge in [-0.15, -0.1) is 0 Å². The first-order valence-corrected chi connectivity index (χ1v) is 6.17. The van der Waals surface area contributed by atoms with Crippen molar-refractivity contribution in [2.24, 2.45) is 0 Å². The largest absolute Gasteiger partial charge is 0.377 e. The maximum absolute atomic E-state index is 11.7. The maximum Gasteiger partial charge on any atom is 0.239 e. The van der Waals surface area contributed by atoms with E-state index in [4.69, 9.17) is 9.26 Å². The highest BCUT2D eigenvalue weighted by molar-refractivity contribution is 5.91. The summed E-state index contributed by atoms with van der Waals surface area (Å²) in [7, 11) is 1.91. The lowest BCUT2D eigenvalue weighted by atomic mass is 10.2. The topological polar surface area (TPSA) is 67.6 Å². The standard InChI is InChI=1S/C12H19N3O3/c1-9-6-11(14-18-9)13-12(16)8-15(2)7-10-4-3-5-17-10/h6,10H,3-5,7-8H2,1-2H3,(H,13,14,16)/t10-/m0/s1. The summed E-state index contributed by atoms with van der Waals surface area (Å²) in [6.07, 6.45) is 2.45. The summed E-state index contributed by atoms with van der Waals surface area (Å²) in [5.41, 5.74) is 0. The molecular formula is C12H19N3O3. The summed E-state index contributed by atoms with van der Waals surface area (Å²) < 4.78 is 10.4. The fourth-order valence-corrected chi connectivity index (χ4v) is 2.05. The van der Waals surface area contributed by atoms with Crippen molar-refractivity contribution in [1.29, 1.82) is 0 Å². The Morgan fingerprint density at radius 1 is 1.67 bits per heavy atom. The highest BCUT2D eigenvalue weighted by Gasteiger charge is 2.18. The second-order valence-corrected chi connectivity index (χ2v) is 4.70. The van der Waals surface area contributed by atoms with Crippen molar-refractivity contribution in [1.82, 2.24) is 10.1 Å². The molecule has 0 aliphatic carbocycles. The molecule has 18 heavy (non-hydrogen) atoms. The Morgan fingerprint density at radius 3 is 3.11 bits per heavy atom. The van der Waals surface area contributed by atoms with Gasteiger partial charge >= 0.3 is 0 Å². The number of carbonyl (C=O) groups excluding carboxylic acids is 1.